The number of esters is 1. The lowest BCUT2D eigenvalue weighted by molar-refractivity contribution is 0.0521. The van der Waals surface area contributed by atoms with Gasteiger partial charge in [-0.1, -0.05) is 30.1 Å². The highest BCUT2D eigenvalue weighted by atomic mass is 35.5. The molecule has 0 radical (unpaired) electrons. The summed E-state index contributed by atoms with van der Waals surface area (Å²) in [7, 11) is 0. The normalized spacial score (nSPS) is 10.1. The van der Waals surface area contributed by atoms with E-state index in [1.54, 1.807) is 6.92 Å². The van der Waals surface area contributed by atoms with E-state index in [0.29, 0.717) is 22.4 Å². The number of halogens is 2. The largest absolute Gasteiger partial charge is 0.491 e. The Morgan fingerprint density at radius 1 is 1.29 bits per heavy atom. The van der Waals surface area contributed by atoms with Crippen LogP contribution in [0.15, 0.2) is 12.1 Å². The third-order valence-corrected chi connectivity index (χ3v) is 2.45. The van der Waals surface area contributed by atoms with Crippen molar-refractivity contribution in [2.45, 2.75) is 20.3 Å². The van der Waals surface area contributed by atoms with Crippen molar-refractivity contribution in [3.63, 3.8) is 0 Å². The molecule has 0 unspecified atom stereocenters. The first-order valence-corrected chi connectivity index (χ1v) is 6.14. The van der Waals surface area contributed by atoms with Crippen LogP contribution >= 0.6 is 23.2 Å². The van der Waals surface area contributed by atoms with Crippen molar-refractivity contribution in [1.29, 1.82) is 0 Å². The van der Waals surface area contributed by atoms with Crippen LogP contribution in [-0.4, -0.2) is 19.2 Å². The van der Waals surface area contributed by atoms with Gasteiger partial charge < -0.3 is 9.47 Å². The zero-order valence-electron chi connectivity index (χ0n) is 9.76. The Labute approximate surface area is 111 Å². The average molecular weight is 277 g/mol. The van der Waals surface area contributed by atoms with Crippen molar-refractivity contribution >= 4 is 29.2 Å². The molecule has 0 spiro atoms. The van der Waals surface area contributed by atoms with Crippen LogP contribution in [-0.2, 0) is 4.74 Å². The van der Waals surface area contributed by atoms with Crippen molar-refractivity contribution in [3.8, 4) is 5.75 Å². The van der Waals surface area contributed by atoms with Crippen LogP contribution in [0.3, 0.4) is 0 Å². The van der Waals surface area contributed by atoms with E-state index in [1.807, 2.05) is 6.92 Å². The number of rotatable bonds is 5. The highest BCUT2D eigenvalue weighted by Gasteiger charge is 2.18. The van der Waals surface area contributed by atoms with E-state index in [2.05, 4.69) is 0 Å². The Morgan fingerprint density at radius 3 is 2.59 bits per heavy atom. The Hall–Kier alpha value is -0.930. The van der Waals surface area contributed by atoms with Crippen LogP contribution in [0.25, 0.3) is 0 Å². The number of carbonyl (C=O) groups excluding carboxylic acids is 1. The van der Waals surface area contributed by atoms with Crippen LogP contribution in [0.1, 0.15) is 30.6 Å². The van der Waals surface area contributed by atoms with Crippen molar-refractivity contribution in [3.05, 3.63) is 27.7 Å². The summed E-state index contributed by atoms with van der Waals surface area (Å²) in [5.74, 6) is -0.153. The molecule has 0 amide bonds. The van der Waals surface area contributed by atoms with Gasteiger partial charge in [0.25, 0.3) is 0 Å². The summed E-state index contributed by atoms with van der Waals surface area (Å²) in [6, 6.07) is 3.03. The van der Waals surface area contributed by atoms with Crippen molar-refractivity contribution < 1.29 is 14.3 Å². The molecule has 0 heterocycles. The summed E-state index contributed by atoms with van der Waals surface area (Å²) < 4.78 is 10.4. The molecule has 0 saturated carbocycles. The van der Waals surface area contributed by atoms with Crippen molar-refractivity contribution in [1.82, 2.24) is 0 Å². The molecule has 94 valence electrons. The Balaban J connectivity index is 3.10. The van der Waals surface area contributed by atoms with Gasteiger partial charge in [0.2, 0.25) is 0 Å². The zero-order valence-corrected chi connectivity index (χ0v) is 11.3. The van der Waals surface area contributed by atoms with E-state index in [-0.39, 0.29) is 12.2 Å². The molecule has 0 aliphatic rings. The molecular formula is C12H14Cl2O3. The Bertz CT molecular complexity index is 405. The number of carbonyl (C=O) groups is 1. The molecule has 0 fully saturated rings. The maximum atomic E-state index is 11.7. The third kappa shape index (κ3) is 3.79. The molecule has 17 heavy (non-hydrogen) atoms. The fourth-order valence-electron chi connectivity index (χ4n) is 1.27. The quantitative estimate of drug-likeness (QED) is 0.764. The molecule has 0 aromatic heterocycles. The van der Waals surface area contributed by atoms with Crippen LogP contribution in [0.2, 0.25) is 10.0 Å². The van der Waals surface area contributed by atoms with Gasteiger partial charge in [-0.3, -0.25) is 0 Å². The molecule has 0 aliphatic carbocycles. The van der Waals surface area contributed by atoms with Gasteiger partial charge in [0.15, 0.2) is 5.75 Å². The van der Waals surface area contributed by atoms with E-state index in [0.717, 1.165) is 6.42 Å². The number of benzene rings is 1. The average Bonchev–Trinajstić information content (AvgIpc) is 2.27. The maximum absolute atomic E-state index is 11.7. The number of ether oxygens (including phenoxy) is 2. The molecule has 3 nitrogen and oxygen atoms in total. The topological polar surface area (TPSA) is 35.5 Å². The van der Waals surface area contributed by atoms with Gasteiger partial charge in [-0.2, -0.15) is 0 Å². The first-order valence-electron chi connectivity index (χ1n) is 5.39. The predicted octanol–water partition coefficient (Wildman–Crippen LogP) is 3.96. The predicted molar refractivity (Wildman–Crippen MR) is 68.2 cm³/mol. The molecule has 0 atom stereocenters. The highest BCUT2D eigenvalue weighted by molar-refractivity contribution is 6.36. The molecule has 1 rings (SSSR count). The summed E-state index contributed by atoms with van der Waals surface area (Å²) in [5, 5.41) is 0.691. The smallest absolute Gasteiger partial charge is 0.342 e. The van der Waals surface area contributed by atoms with Crippen molar-refractivity contribution in [2.75, 3.05) is 13.2 Å². The number of hydrogen-bond donors (Lipinski definition) is 0. The van der Waals surface area contributed by atoms with E-state index < -0.39 is 5.97 Å². The molecule has 0 N–H and O–H groups in total. The van der Waals surface area contributed by atoms with Gasteiger partial charge in [-0.15, -0.1) is 0 Å². The minimum absolute atomic E-state index is 0.262. The van der Waals surface area contributed by atoms with Crippen LogP contribution in [0.4, 0.5) is 0 Å². The summed E-state index contributed by atoms with van der Waals surface area (Å²) in [4.78, 5) is 11.7. The van der Waals surface area contributed by atoms with Crippen LogP contribution in [0, 0.1) is 0 Å². The van der Waals surface area contributed by atoms with E-state index in [1.165, 1.54) is 12.1 Å². The molecule has 1 aromatic rings. The monoisotopic (exact) mass is 276 g/mol. The lowest BCUT2D eigenvalue weighted by Gasteiger charge is -2.12. The lowest BCUT2D eigenvalue weighted by atomic mass is 10.2. The highest BCUT2D eigenvalue weighted by Crippen LogP contribution is 2.33. The second kappa shape index (κ2) is 6.72. The van der Waals surface area contributed by atoms with Gasteiger partial charge in [0, 0.05) is 5.02 Å². The molecule has 0 aliphatic heterocycles. The lowest BCUT2D eigenvalue weighted by Crippen LogP contribution is -2.09. The molecule has 5 heteroatoms. The van der Waals surface area contributed by atoms with Gasteiger partial charge >= 0.3 is 5.97 Å². The van der Waals surface area contributed by atoms with Crippen LogP contribution in [0.5, 0.6) is 5.75 Å². The molecular weight excluding hydrogens is 263 g/mol. The molecule has 0 saturated heterocycles. The summed E-state index contributed by atoms with van der Waals surface area (Å²) >= 11 is 11.9. The van der Waals surface area contributed by atoms with E-state index in [9.17, 15) is 4.79 Å². The minimum atomic E-state index is -0.483. The summed E-state index contributed by atoms with van der Waals surface area (Å²) in [5.41, 5.74) is 0.262. The Morgan fingerprint density at radius 2 is 2.00 bits per heavy atom. The molecule has 1 aromatic carbocycles. The van der Waals surface area contributed by atoms with Crippen LogP contribution < -0.4 is 4.74 Å². The standard InChI is InChI=1S/C12H14Cl2O3/c1-3-5-17-11-9(12(15)16-4-2)6-8(13)7-10(11)14/h6-7H,3-5H2,1-2H3. The van der Waals surface area contributed by atoms with Gasteiger partial charge in [-0.05, 0) is 25.5 Å². The SMILES string of the molecule is CCCOc1c(Cl)cc(Cl)cc1C(=O)OCC. The minimum Gasteiger partial charge on any atom is -0.491 e. The maximum Gasteiger partial charge on any atom is 0.342 e. The second-order valence-electron chi connectivity index (χ2n) is 3.33. The van der Waals surface area contributed by atoms with E-state index >= 15 is 0 Å². The first-order chi connectivity index (χ1) is 8.10. The summed E-state index contributed by atoms with van der Waals surface area (Å²) in [6.45, 7) is 4.47. The molecule has 0 bridgehead atoms. The fourth-order valence-corrected chi connectivity index (χ4v) is 1.82. The Kier molecular flexibility index (Phi) is 5.59. The van der Waals surface area contributed by atoms with Gasteiger partial charge in [0.1, 0.15) is 5.56 Å². The van der Waals surface area contributed by atoms with Crippen molar-refractivity contribution in [2.24, 2.45) is 0 Å². The fraction of sp³-hybridized carbons (Fsp3) is 0.417. The third-order valence-electron chi connectivity index (χ3n) is 1.95. The first kappa shape index (κ1) is 14.1. The van der Waals surface area contributed by atoms with Gasteiger partial charge in [-0.25, -0.2) is 4.79 Å². The zero-order chi connectivity index (χ0) is 12.8. The van der Waals surface area contributed by atoms with Gasteiger partial charge in [0.05, 0.1) is 18.2 Å². The summed E-state index contributed by atoms with van der Waals surface area (Å²) in [6.07, 6.45) is 0.821. The number of hydrogen-bond acceptors (Lipinski definition) is 3. The van der Waals surface area contributed by atoms with E-state index in [4.69, 9.17) is 32.7 Å². The second-order valence-corrected chi connectivity index (χ2v) is 4.18.